The molecule has 0 unspecified atom stereocenters. The molecule has 0 aliphatic carbocycles. The molecule has 3 heterocycles. The van der Waals surface area contributed by atoms with Gasteiger partial charge in [-0.3, -0.25) is 9.13 Å². The van der Waals surface area contributed by atoms with Crippen LogP contribution in [0.5, 0.6) is 0 Å². The van der Waals surface area contributed by atoms with Crippen LogP contribution in [0.4, 0.5) is 0 Å². The van der Waals surface area contributed by atoms with Crippen molar-refractivity contribution in [3.05, 3.63) is 83.4 Å². The Morgan fingerprint density at radius 3 is 2.44 bits per heavy atom. The Morgan fingerprint density at radius 1 is 0.926 bits per heavy atom. The monoisotopic (exact) mass is 356 g/mol. The number of pyridine rings is 1. The van der Waals surface area contributed by atoms with Crippen molar-refractivity contribution >= 4 is 11.2 Å². The van der Waals surface area contributed by atoms with E-state index in [1.54, 1.807) is 10.8 Å². The van der Waals surface area contributed by atoms with Crippen molar-refractivity contribution in [1.82, 2.24) is 19.4 Å². The van der Waals surface area contributed by atoms with Gasteiger partial charge in [-0.25, -0.2) is 9.78 Å². The van der Waals surface area contributed by atoms with Crippen LogP contribution in [0.2, 0.25) is 0 Å². The Hall–Kier alpha value is -3.18. The summed E-state index contributed by atoms with van der Waals surface area (Å²) in [5.41, 5.74) is 4.74. The maximum atomic E-state index is 13.3. The lowest BCUT2D eigenvalue weighted by molar-refractivity contribution is 0.537. The van der Waals surface area contributed by atoms with Crippen LogP contribution in [0, 0.1) is 0 Å². The van der Waals surface area contributed by atoms with Crippen LogP contribution in [0.3, 0.4) is 0 Å². The van der Waals surface area contributed by atoms with Crippen molar-refractivity contribution in [3.63, 3.8) is 0 Å². The van der Waals surface area contributed by atoms with Gasteiger partial charge in [-0.2, -0.15) is 0 Å². The van der Waals surface area contributed by atoms with E-state index in [4.69, 9.17) is 0 Å². The SMILES string of the molecule is O=c1n(-c2ccc(-c3ccccc3)cc2)c2cccnc2n1[C@@H]1CCNC1. The van der Waals surface area contributed by atoms with E-state index >= 15 is 0 Å². The van der Waals surface area contributed by atoms with Crippen LogP contribution >= 0.6 is 0 Å². The van der Waals surface area contributed by atoms with Gasteiger partial charge in [0.2, 0.25) is 0 Å². The molecule has 0 radical (unpaired) electrons. The van der Waals surface area contributed by atoms with Gasteiger partial charge in [-0.15, -0.1) is 0 Å². The van der Waals surface area contributed by atoms with Crippen molar-refractivity contribution in [2.45, 2.75) is 12.5 Å². The molecular formula is C22H20N4O. The van der Waals surface area contributed by atoms with Gasteiger partial charge in [0.05, 0.1) is 17.2 Å². The number of nitrogens with zero attached hydrogens (tertiary/aromatic N) is 3. The molecule has 1 fully saturated rings. The molecule has 1 aliphatic heterocycles. The predicted octanol–water partition coefficient (Wildman–Crippen LogP) is 3.39. The van der Waals surface area contributed by atoms with Crippen LogP contribution in [-0.2, 0) is 0 Å². The molecule has 4 aromatic rings. The summed E-state index contributed by atoms with van der Waals surface area (Å²) in [4.78, 5) is 17.8. The normalized spacial score (nSPS) is 16.8. The van der Waals surface area contributed by atoms with E-state index in [1.807, 2.05) is 47.0 Å². The number of imidazole rings is 1. The van der Waals surface area contributed by atoms with Gasteiger partial charge in [0.25, 0.3) is 0 Å². The molecular weight excluding hydrogens is 336 g/mol. The van der Waals surface area contributed by atoms with E-state index in [-0.39, 0.29) is 11.7 Å². The molecule has 134 valence electrons. The second-order valence-corrected chi connectivity index (χ2v) is 6.89. The van der Waals surface area contributed by atoms with E-state index in [9.17, 15) is 4.79 Å². The minimum absolute atomic E-state index is 0.0233. The number of benzene rings is 2. The van der Waals surface area contributed by atoms with Crippen molar-refractivity contribution in [2.24, 2.45) is 0 Å². The van der Waals surface area contributed by atoms with E-state index in [1.165, 1.54) is 0 Å². The third kappa shape index (κ3) is 2.67. The summed E-state index contributed by atoms with van der Waals surface area (Å²) < 4.78 is 3.62. The first kappa shape index (κ1) is 16.0. The van der Waals surface area contributed by atoms with E-state index < -0.39 is 0 Å². The molecule has 0 saturated carbocycles. The Morgan fingerprint density at radius 2 is 1.70 bits per heavy atom. The van der Waals surface area contributed by atoms with Gasteiger partial charge < -0.3 is 5.32 Å². The molecule has 1 N–H and O–H groups in total. The first-order valence-electron chi connectivity index (χ1n) is 9.27. The summed E-state index contributed by atoms with van der Waals surface area (Å²) in [6.45, 7) is 1.74. The minimum Gasteiger partial charge on any atom is -0.315 e. The molecule has 0 bridgehead atoms. The second kappa shape index (κ2) is 6.52. The Bertz CT molecular complexity index is 1140. The Kier molecular flexibility index (Phi) is 3.87. The highest BCUT2D eigenvalue weighted by Gasteiger charge is 2.24. The first-order chi connectivity index (χ1) is 13.3. The van der Waals surface area contributed by atoms with Crippen LogP contribution in [0.25, 0.3) is 28.0 Å². The van der Waals surface area contributed by atoms with Crippen LogP contribution in [0.15, 0.2) is 77.7 Å². The third-order valence-electron chi connectivity index (χ3n) is 5.26. The molecule has 1 atom stereocenters. The third-order valence-corrected chi connectivity index (χ3v) is 5.26. The fraction of sp³-hybridized carbons (Fsp3) is 0.182. The largest absolute Gasteiger partial charge is 0.335 e. The van der Waals surface area contributed by atoms with Crippen molar-refractivity contribution in [2.75, 3.05) is 13.1 Å². The molecule has 1 saturated heterocycles. The molecule has 2 aromatic heterocycles. The average molecular weight is 356 g/mol. The van der Waals surface area contributed by atoms with Gasteiger partial charge in [-0.05, 0) is 48.4 Å². The maximum absolute atomic E-state index is 13.3. The predicted molar refractivity (Wildman–Crippen MR) is 107 cm³/mol. The van der Waals surface area contributed by atoms with Crippen molar-refractivity contribution in [1.29, 1.82) is 0 Å². The summed E-state index contributed by atoms with van der Waals surface area (Å²) in [5.74, 6) is 0. The number of hydrogen-bond donors (Lipinski definition) is 1. The molecule has 27 heavy (non-hydrogen) atoms. The molecule has 5 heteroatoms. The Balaban J connectivity index is 1.65. The number of fused-ring (bicyclic) bond motifs is 1. The highest BCUT2D eigenvalue weighted by atomic mass is 16.1. The minimum atomic E-state index is -0.0233. The zero-order valence-electron chi connectivity index (χ0n) is 14.9. The second-order valence-electron chi connectivity index (χ2n) is 6.89. The summed E-state index contributed by atoms with van der Waals surface area (Å²) in [5, 5.41) is 3.34. The lowest BCUT2D eigenvalue weighted by Crippen LogP contribution is -2.28. The highest BCUT2D eigenvalue weighted by Crippen LogP contribution is 2.24. The lowest BCUT2D eigenvalue weighted by atomic mass is 10.1. The van der Waals surface area contributed by atoms with E-state index in [2.05, 4.69) is 34.6 Å². The van der Waals surface area contributed by atoms with Crippen LogP contribution in [-0.4, -0.2) is 27.2 Å². The topological polar surface area (TPSA) is 51.9 Å². The zero-order chi connectivity index (χ0) is 18.2. The van der Waals surface area contributed by atoms with Gasteiger partial charge in [0.15, 0.2) is 5.65 Å². The van der Waals surface area contributed by atoms with Gasteiger partial charge in [-0.1, -0.05) is 42.5 Å². The molecule has 0 amide bonds. The Labute approximate surface area is 156 Å². The fourth-order valence-corrected chi connectivity index (χ4v) is 3.92. The molecule has 5 nitrogen and oxygen atoms in total. The van der Waals surface area contributed by atoms with Crippen LogP contribution < -0.4 is 11.0 Å². The number of hydrogen-bond acceptors (Lipinski definition) is 3. The van der Waals surface area contributed by atoms with Gasteiger partial charge in [0, 0.05) is 12.7 Å². The van der Waals surface area contributed by atoms with Crippen molar-refractivity contribution in [3.8, 4) is 16.8 Å². The average Bonchev–Trinajstić information content (AvgIpc) is 3.34. The van der Waals surface area contributed by atoms with E-state index in [0.29, 0.717) is 0 Å². The molecule has 5 rings (SSSR count). The summed E-state index contributed by atoms with van der Waals surface area (Å²) >= 11 is 0. The smallest absolute Gasteiger partial charge is 0.315 e. The van der Waals surface area contributed by atoms with Crippen LogP contribution in [0.1, 0.15) is 12.5 Å². The number of rotatable bonds is 3. The standard InChI is InChI=1S/C22H20N4O/c27-22-25(18-10-8-17(9-11-18)16-5-2-1-3-6-16)20-7-4-13-24-21(20)26(22)19-12-14-23-15-19/h1-11,13,19,23H,12,14-15H2/t19-/m1/s1. The summed E-state index contributed by atoms with van der Waals surface area (Å²) in [6.07, 6.45) is 2.70. The molecule has 0 spiro atoms. The lowest BCUT2D eigenvalue weighted by Gasteiger charge is -2.09. The first-order valence-corrected chi connectivity index (χ1v) is 9.27. The number of aromatic nitrogens is 3. The summed E-state index contributed by atoms with van der Waals surface area (Å²) in [6, 6.07) is 22.4. The molecule has 2 aromatic carbocycles. The highest BCUT2D eigenvalue weighted by molar-refractivity contribution is 5.75. The van der Waals surface area contributed by atoms with Crippen molar-refractivity contribution < 1.29 is 0 Å². The maximum Gasteiger partial charge on any atom is 0.335 e. The van der Waals surface area contributed by atoms with E-state index in [0.717, 1.165) is 47.5 Å². The summed E-state index contributed by atoms with van der Waals surface area (Å²) in [7, 11) is 0. The fourth-order valence-electron chi connectivity index (χ4n) is 3.92. The zero-order valence-corrected chi connectivity index (χ0v) is 14.9. The molecule has 1 aliphatic rings. The number of nitrogens with one attached hydrogen (secondary N) is 1. The van der Waals surface area contributed by atoms with Gasteiger partial charge >= 0.3 is 5.69 Å². The quantitative estimate of drug-likeness (QED) is 0.612. The van der Waals surface area contributed by atoms with Gasteiger partial charge in [0.1, 0.15) is 0 Å².